The van der Waals surface area contributed by atoms with Gasteiger partial charge in [0.2, 0.25) is 11.8 Å². The van der Waals surface area contributed by atoms with Crippen molar-refractivity contribution in [3.8, 4) is 0 Å². The van der Waals surface area contributed by atoms with Gasteiger partial charge in [-0.15, -0.1) is 0 Å². The van der Waals surface area contributed by atoms with Gasteiger partial charge in [-0.2, -0.15) is 11.3 Å². The maximum absolute atomic E-state index is 12.4. The first-order valence-corrected chi connectivity index (χ1v) is 10.6. The summed E-state index contributed by atoms with van der Waals surface area (Å²) >= 11 is 1.49. The fourth-order valence-corrected chi connectivity index (χ4v) is 3.81. The van der Waals surface area contributed by atoms with Gasteiger partial charge < -0.3 is 15.5 Å². The normalized spacial score (nSPS) is 18.8. The van der Waals surface area contributed by atoms with E-state index in [1.165, 1.54) is 11.3 Å². The molecule has 1 aliphatic carbocycles. The molecule has 1 aromatic heterocycles. The van der Waals surface area contributed by atoms with E-state index in [0.717, 1.165) is 25.9 Å². The summed E-state index contributed by atoms with van der Waals surface area (Å²) in [7, 11) is 0. The van der Waals surface area contributed by atoms with Gasteiger partial charge in [0.25, 0.3) is 5.91 Å². The summed E-state index contributed by atoms with van der Waals surface area (Å²) in [6.45, 7) is 5.19. The maximum atomic E-state index is 12.4. The Labute approximate surface area is 164 Å². The first kappa shape index (κ1) is 19.8. The minimum atomic E-state index is -0.143. The summed E-state index contributed by atoms with van der Waals surface area (Å²) in [5.74, 6) is 0.129. The van der Waals surface area contributed by atoms with Crippen LogP contribution in [0.5, 0.6) is 0 Å². The lowest BCUT2D eigenvalue weighted by Gasteiger charge is -2.37. The Hall–Kier alpha value is -1.93. The topological polar surface area (TPSA) is 81.8 Å². The summed E-state index contributed by atoms with van der Waals surface area (Å²) < 4.78 is 0. The van der Waals surface area contributed by atoms with Crippen LogP contribution in [0.25, 0.3) is 0 Å². The number of thiophene rings is 1. The average molecular weight is 393 g/mol. The Morgan fingerprint density at radius 1 is 1.22 bits per heavy atom. The van der Waals surface area contributed by atoms with Crippen LogP contribution in [-0.2, 0) is 9.59 Å². The molecule has 148 valence electrons. The van der Waals surface area contributed by atoms with Gasteiger partial charge in [-0.3, -0.25) is 19.3 Å². The van der Waals surface area contributed by atoms with Crippen LogP contribution in [0, 0.1) is 0 Å². The van der Waals surface area contributed by atoms with Crippen molar-refractivity contribution in [2.24, 2.45) is 0 Å². The van der Waals surface area contributed by atoms with Crippen molar-refractivity contribution in [2.75, 3.05) is 32.7 Å². The maximum Gasteiger partial charge on any atom is 0.252 e. The molecule has 27 heavy (non-hydrogen) atoms. The van der Waals surface area contributed by atoms with Crippen molar-refractivity contribution >= 4 is 29.1 Å². The molecule has 0 bridgehead atoms. The van der Waals surface area contributed by atoms with E-state index in [-0.39, 0.29) is 23.8 Å². The molecule has 1 saturated heterocycles. The molecule has 2 aliphatic rings. The van der Waals surface area contributed by atoms with Gasteiger partial charge in [-0.25, -0.2) is 0 Å². The molecule has 2 fully saturated rings. The highest BCUT2D eigenvalue weighted by molar-refractivity contribution is 7.08. The Morgan fingerprint density at radius 2 is 1.96 bits per heavy atom. The highest BCUT2D eigenvalue weighted by Gasteiger charge is 2.30. The van der Waals surface area contributed by atoms with Gasteiger partial charge in [0.05, 0.1) is 6.04 Å². The fourth-order valence-electron chi connectivity index (χ4n) is 3.17. The molecule has 3 rings (SSSR count). The van der Waals surface area contributed by atoms with Crippen LogP contribution in [0.4, 0.5) is 0 Å². The molecular formula is C19H28N4O3S. The molecule has 1 atom stereocenters. The molecule has 0 spiro atoms. The van der Waals surface area contributed by atoms with Gasteiger partial charge in [-0.1, -0.05) is 0 Å². The minimum Gasteiger partial charge on any atom is -0.352 e. The largest absolute Gasteiger partial charge is 0.352 e. The molecule has 1 saturated carbocycles. The van der Waals surface area contributed by atoms with Crippen molar-refractivity contribution in [2.45, 2.75) is 44.7 Å². The SMILES string of the molecule is CC(C(=O)NC1CC1)N1CCN(C(=O)CCCNC(=O)c2ccsc2)CC1. The third kappa shape index (κ3) is 5.77. The summed E-state index contributed by atoms with van der Waals surface area (Å²) in [6, 6.07) is 2.02. The van der Waals surface area contributed by atoms with Crippen LogP contribution in [-0.4, -0.2) is 72.3 Å². The zero-order valence-corrected chi connectivity index (χ0v) is 16.6. The highest BCUT2D eigenvalue weighted by Crippen LogP contribution is 2.19. The molecule has 1 unspecified atom stereocenters. The fraction of sp³-hybridized carbons (Fsp3) is 0.632. The van der Waals surface area contributed by atoms with Gasteiger partial charge >= 0.3 is 0 Å². The predicted molar refractivity (Wildman–Crippen MR) is 105 cm³/mol. The first-order valence-electron chi connectivity index (χ1n) is 9.67. The van der Waals surface area contributed by atoms with Crippen molar-refractivity contribution in [1.29, 1.82) is 0 Å². The molecule has 8 heteroatoms. The number of carbonyl (C=O) groups excluding carboxylic acids is 3. The lowest BCUT2D eigenvalue weighted by atomic mass is 10.2. The van der Waals surface area contributed by atoms with E-state index in [1.54, 1.807) is 6.07 Å². The summed E-state index contributed by atoms with van der Waals surface area (Å²) in [6.07, 6.45) is 3.25. The molecule has 2 heterocycles. The predicted octanol–water partition coefficient (Wildman–Crippen LogP) is 1.07. The number of amides is 3. The zero-order chi connectivity index (χ0) is 19.2. The lowest BCUT2D eigenvalue weighted by molar-refractivity contribution is -0.134. The Balaban J connectivity index is 1.31. The van der Waals surface area contributed by atoms with Crippen LogP contribution in [0.3, 0.4) is 0 Å². The van der Waals surface area contributed by atoms with E-state index in [4.69, 9.17) is 0 Å². The number of hydrogen-bond donors (Lipinski definition) is 2. The Bertz CT molecular complexity index is 652. The smallest absolute Gasteiger partial charge is 0.252 e. The Morgan fingerprint density at radius 3 is 2.59 bits per heavy atom. The molecule has 0 radical (unpaired) electrons. The highest BCUT2D eigenvalue weighted by atomic mass is 32.1. The average Bonchev–Trinajstić information content (AvgIpc) is 3.32. The third-order valence-electron chi connectivity index (χ3n) is 5.15. The van der Waals surface area contributed by atoms with E-state index < -0.39 is 0 Å². The summed E-state index contributed by atoms with van der Waals surface area (Å²) in [5, 5.41) is 9.57. The van der Waals surface area contributed by atoms with Crippen molar-refractivity contribution < 1.29 is 14.4 Å². The second-order valence-electron chi connectivity index (χ2n) is 7.25. The number of carbonyl (C=O) groups is 3. The second kappa shape index (κ2) is 9.32. The van der Waals surface area contributed by atoms with E-state index in [0.29, 0.717) is 44.1 Å². The monoisotopic (exact) mass is 392 g/mol. The van der Waals surface area contributed by atoms with Crippen molar-refractivity contribution in [3.05, 3.63) is 22.4 Å². The van der Waals surface area contributed by atoms with Crippen molar-refractivity contribution in [3.63, 3.8) is 0 Å². The van der Waals surface area contributed by atoms with Gasteiger partial charge in [-0.05, 0) is 37.6 Å². The molecule has 1 aromatic rings. The molecule has 2 N–H and O–H groups in total. The van der Waals surface area contributed by atoms with Gasteiger partial charge in [0, 0.05) is 56.1 Å². The van der Waals surface area contributed by atoms with E-state index >= 15 is 0 Å². The number of hydrogen-bond acceptors (Lipinski definition) is 5. The second-order valence-corrected chi connectivity index (χ2v) is 8.03. The zero-order valence-electron chi connectivity index (χ0n) is 15.8. The molecular weight excluding hydrogens is 364 g/mol. The van der Waals surface area contributed by atoms with E-state index in [9.17, 15) is 14.4 Å². The van der Waals surface area contributed by atoms with Gasteiger partial charge in [0.1, 0.15) is 0 Å². The van der Waals surface area contributed by atoms with Crippen LogP contribution in [0.2, 0.25) is 0 Å². The quantitative estimate of drug-likeness (QED) is 0.649. The van der Waals surface area contributed by atoms with E-state index in [2.05, 4.69) is 15.5 Å². The van der Waals surface area contributed by atoms with Crippen LogP contribution in [0.1, 0.15) is 43.0 Å². The third-order valence-corrected chi connectivity index (χ3v) is 5.84. The summed E-state index contributed by atoms with van der Waals surface area (Å²) in [4.78, 5) is 40.4. The molecule has 7 nitrogen and oxygen atoms in total. The standard InChI is InChI=1S/C19H28N4O3S/c1-14(18(25)21-16-4-5-16)22-8-10-23(11-9-22)17(24)3-2-7-20-19(26)15-6-12-27-13-15/h6,12-14,16H,2-5,7-11H2,1H3,(H,20,26)(H,21,25). The number of piperazine rings is 1. The van der Waals surface area contributed by atoms with E-state index in [1.807, 2.05) is 22.6 Å². The first-order chi connectivity index (χ1) is 13.0. The van der Waals surface area contributed by atoms with Crippen LogP contribution < -0.4 is 10.6 Å². The number of nitrogens with one attached hydrogen (secondary N) is 2. The van der Waals surface area contributed by atoms with Gasteiger partial charge in [0.15, 0.2) is 0 Å². The lowest BCUT2D eigenvalue weighted by Crippen LogP contribution is -2.55. The number of rotatable bonds is 8. The summed E-state index contributed by atoms with van der Waals surface area (Å²) in [5.41, 5.74) is 0.669. The molecule has 0 aromatic carbocycles. The van der Waals surface area contributed by atoms with Crippen LogP contribution in [0.15, 0.2) is 16.8 Å². The molecule has 3 amide bonds. The molecule has 1 aliphatic heterocycles. The number of nitrogens with zero attached hydrogens (tertiary/aromatic N) is 2. The minimum absolute atomic E-state index is 0.0872. The van der Waals surface area contributed by atoms with Crippen LogP contribution >= 0.6 is 11.3 Å². The van der Waals surface area contributed by atoms with Crippen molar-refractivity contribution in [1.82, 2.24) is 20.4 Å². The Kier molecular flexibility index (Phi) is 6.84.